The summed E-state index contributed by atoms with van der Waals surface area (Å²) in [5.41, 5.74) is 2.21. The van der Waals surface area contributed by atoms with Crippen LogP contribution in [0.2, 0.25) is 0 Å². The lowest BCUT2D eigenvalue weighted by molar-refractivity contribution is 0.0971. The average Bonchev–Trinajstić information content (AvgIpc) is 3.27. The zero-order valence-electron chi connectivity index (χ0n) is 13.7. The van der Waals surface area contributed by atoms with Crippen molar-refractivity contribution < 1.29 is 13.9 Å². The first kappa shape index (κ1) is 15.4. The monoisotopic (exact) mass is 335 g/mol. The average molecular weight is 335 g/mol. The van der Waals surface area contributed by atoms with Gasteiger partial charge in [-0.1, -0.05) is 18.2 Å². The second kappa shape index (κ2) is 6.41. The van der Waals surface area contributed by atoms with Crippen LogP contribution >= 0.6 is 0 Å². The molecule has 6 nitrogen and oxygen atoms in total. The molecule has 0 spiro atoms. The largest absolute Gasteiger partial charge is 0.440 e. The summed E-state index contributed by atoms with van der Waals surface area (Å²) in [6.45, 7) is 0.815. The Morgan fingerprint density at radius 2 is 2.08 bits per heavy atom. The highest BCUT2D eigenvalue weighted by atomic mass is 16.5. The Hall–Kier alpha value is -3.12. The van der Waals surface area contributed by atoms with Crippen molar-refractivity contribution in [2.45, 2.75) is 0 Å². The number of H-pyrrole nitrogens is 1. The molecule has 0 atom stereocenters. The van der Waals surface area contributed by atoms with Crippen LogP contribution in [0.5, 0.6) is 0 Å². The standard InChI is InChI=1S/C19H17N3O3/c1-24-9-8-22(18-11-13-4-2-3-5-17(13)25-18)19(23)14-6-7-16-15(10-14)12-20-21-16/h2-7,10-12H,8-9H2,1H3,(H,20,21). The number of furan rings is 1. The Labute approximate surface area is 144 Å². The van der Waals surface area contributed by atoms with E-state index >= 15 is 0 Å². The van der Waals surface area contributed by atoms with Crippen molar-refractivity contribution in [2.75, 3.05) is 25.2 Å². The molecule has 25 heavy (non-hydrogen) atoms. The van der Waals surface area contributed by atoms with Crippen LogP contribution in [-0.4, -0.2) is 36.4 Å². The molecule has 0 radical (unpaired) electrons. The molecule has 0 aliphatic carbocycles. The Balaban J connectivity index is 1.73. The number of fused-ring (bicyclic) bond motifs is 2. The Bertz CT molecular complexity index is 1000. The smallest absolute Gasteiger partial charge is 0.260 e. The molecule has 0 saturated carbocycles. The first-order chi connectivity index (χ1) is 12.3. The molecule has 2 heterocycles. The summed E-state index contributed by atoms with van der Waals surface area (Å²) in [5.74, 6) is 0.370. The van der Waals surface area contributed by atoms with Crippen molar-refractivity contribution in [3.8, 4) is 0 Å². The highest BCUT2D eigenvalue weighted by Crippen LogP contribution is 2.27. The number of hydrogen-bond donors (Lipinski definition) is 1. The molecule has 6 heteroatoms. The van der Waals surface area contributed by atoms with E-state index in [9.17, 15) is 4.79 Å². The summed E-state index contributed by atoms with van der Waals surface area (Å²) >= 11 is 0. The molecule has 0 aliphatic heterocycles. The molecule has 4 aromatic rings. The van der Waals surface area contributed by atoms with Gasteiger partial charge in [0.15, 0.2) is 0 Å². The van der Waals surface area contributed by atoms with Gasteiger partial charge < -0.3 is 9.15 Å². The van der Waals surface area contributed by atoms with Gasteiger partial charge in [0.2, 0.25) is 5.88 Å². The van der Waals surface area contributed by atoms with Gasteiger partial charge in [-0.15, -0.1) is 0 Å². The molecule has 2 aromatic heterocycles. The lowest BCUT2D eigenvalue weighted by Crippen LogP contribution is -2.33. The van der Waals surface area contributed by atoms with Crippen molar-refractivity contribution in [3.63, 3.8) is 0 Å². The molecule has 0 saturated heterocycles. The maximum atomic E-state index is 13.1. The molecule has 1 amide bonds. The molecule has 0 aliphatic rings. The van der Waals surface area contributed by atoms with E-state index in [4.69, 9.17) is 9.15 Å². The predicted molar refractivity (Wildman–Crippen MR) is 95.9 cm³/mol. The fraction of sp³-hybridized carbons (Fsp3) is 0.158. The number of aromatic nitrogens is 2. The van der Waals surface area contributed by atoms with Gasteiger partial charge in [-0.05, 0) is 24.3 Å². The number of carbonyl (C=O) groups is 1. The van der Waals surface area contributed by atoms with Crippen LogP contribution < -0.4 is 4.90 Å². The van der Waals surface area contributed by atoms with Gasteiger partial charge in [0.25, 0.3) is 5.91 Å². The van der Waals surface area contributed by atoms with E-state index in [1.54, 1.807) is 24.3 Å². The molecule has 4 rings (SSSR count). The summed E-state index contributed by atoms with van der Waals surface area (Å²) in [6, 6.07) is 15.0. The van der Waals surface area contributed by atoms with Crippen molar-refractivity contribution in [3.05, 3.63) is 60.3 Å². The molecular weight excluding hydrogens is 318 g/mol. The van der Waals surface area contributed by atoms with E-state index in [1.807, 2.05) is 42.5 Å². The quantitative estimate of drug-likeness (QED) is 0.605. The van der Waals surface area contributed by atoms with Gasteiger partial charge in [0, 0.05) is 29.5 Å². The van der Waals surface area contributed by atoms with E-state index in [0.717, 1.165) is 21.9 Å². The lowest BCUT2D eigenvalue weighted by Gasteiger charge is -2.19. The summed E-state index contributed by atoms with van der Waals surface area (Å²) in [5, 5.41) is 8.73. The summed E-state index contributed by atoms with van der Waals surface area (Å²) in [4.78, 5) is 14.7. The SMILES string of the molecule is COCCN(C(=O)c1ccc2[nH]ncc2c1)c1cc2ccccc2o1. The summed E-state index contributed by atoms with van der Waals surface area (Å²) < 4.78 is 11.0. The number of hydrogen-bond acceptors (Lipinski definition) is 4. The number of carbonyl (C=O) groups excluding carboxylic acids is 1. The summed E-state index contributed by atoms with van der Waals surface area (Å²) in [7, 11) is 1.61. The van der Waals surface area contributed by atoms with Crippen LogP contribution in [-0.2, 0) is 4.74 Å². The number of nitrogens with zero attached hydrogens (tertiary/aromatic N) is 2. The van der Waals surface area contributed by atoms with Crippen LogP contribution in [0.4, 0.5) is 5.88 Å². The first-order valence-corrected chi connectivity index (χ1v) is 7.99. The van der Waals surface area contributed by atoms with E-state index in [1.165, 1.54) is 0 Å². The fourth-order valence-corrected chi connectivity index (χ4v) is 2.83. The number of anilines is 1. The van der Waals surface area contributed by atoms with Crippen molar-refractivity contribution >= 4 is 33.7 Å². The van der Waals surface area contributed by atoms with Crippen LogP contribution in [0, 0.1) is 0 Å². The van der Waals surface area contributed by atoms with E-state index in [2.05, 4.69) is 10.2 Å². The Morgan fingerprint density at radius 1 is 1.20 bits per heavy atom. The minimum atomic E-state index is -0.140. The van der Waals surface area contributed by atoms with Gasteiger partial charge in [-0.25, -0.2) is 0 Å². The summed E-state index contributed by atoms with van der Waals surface area (Å²) in [6.07, 6.45) is 1.70. The molecule has 0 unspecified atom stereocenters. The molecule has 0 fully saturated rings. The number of aromatic amines is 1. The van der Waals surface area contributed by atoms with E-state index < -0.39 is 0 Å². The van der Waals surface area contributed by atoms with Crippen molar-refractivity contribution in [2.24, 2.45) is 0 Å². The molecule has 2 aromatic carbocycles. The second-order valence-electron chi connectivity index (χ2n) is 5.74. The zero-order valence-corrected chi connectivity index (χ0v) is 13.7. The van der Waals surface area contributed by atoms with Crippen molar-refractivity contribution in [1.82, 2.24) is 10.2 Å². The Kier molecular flexibility index (Phi) is 3.95. The number of ether oxygens (including phenoxy) is 1. The molecule has 126 valence electrons. The fourth-order valence-electron chi connectivity index (χ4n) is 2.83. The van der Waals surface area contributed by atoms with Gasteiger partial charge in [0.05, 0.1) is 24.9 Å². The molecule has 1 N–H and O–H groups in total. The van der Waals surface area contributed by atoms with Crippen LogP contribution in [0.25, 0.3) is 21.9 Å². The zero-order chi connectivity index (χ0) is 17.2. The number of nitrogens with one attached hydrogen (secondary N) is 1. The first-order valence-electron chi connectivity index (χ1n) is 7.99. The highest BCUT2D eigenvalue weighted by Gasteiger charge is 2.21. The third-order valence-corrected chi connectivity index (χ3v) is 4.13. The van der Waals surface area contributed by atoms with Gasteiger partial charge in [-0.3, -0.25) is 14.8 Å². The topological polar surface area (TPSA) is 71.4 Å². The number of rotatable bonds is 5. The maximum absolute atomic E-state index is 13.1. The predicted octanol–water partition coefficient (Wildman–Crippen LogP) is 3.60. The minimum absolute atomic E-state index is 0.140. The molecule has 0 bridgehead atoms. The van der Waals surface area contributed by atoms with Gasteiger partial charge in [-0.2, -0.15) is 5.10 Å². The number of amides is 1. The van der Waals surface area contributed by atoms with E-state index in [-0.39, 0.29) is 5.91 Å². The van der Waals surface area contributed by atoms with Crippen LogP contribution in [0.1, 0.15) is 10.4 Å². The van der Waals surface area contributed by atoms with Crippen molar-refractivity contribution in [1.29, 1.82) is 0 Å². The van der Waals surface area contributed by atoms with Gasteiger partial charge in [0.1, 0.15) is 5.58 Å². The van der Waals surface area contributed by atoms with Gasteiger partial charge >= 0.3 is 0 Å². The van der Waals surface area contributed by atoms with E-state index in [0.29, 0.717) is 24.6 Å². The Morgan fingerprint density at radius 3 is 2.92 bits per heavy atom. The third kappa shape index (κ3) is 2.88. The maximum Gasteiger partial charge on any atom is 0.260 e. The molecular formula is C19H17N3O3. The second-order valence-corrected chi connectivity index (χ2v) is 5.74. The number of methoxy groups -OCH3 is 1. The van der Waals surface area contributed by atoms with Crippen LogP contribution in [0.3, 0.4) is 0 Å². The number of para-hydroxylation sites is 1. The minimum Gasteiger partial charge on any atom is -0.440 e. The lowest BCUT2D eigenvalue weighted by atomic mass is 10.1. The highest BCUT2D eigenvalue weighted by molar-refractivity contribution is 6.07. The van der Waals surface area contributed by atoms with Crippen LogP contribution in [0.15, 0.2) is 59.1 Å². The number of benzene rings is 2. The third-order valence-electron chi connectivity index (χ3n) is 4.13. The normalized spacial score (nSPS) is 11.2.